The van der Waals surface area contributed by atoms with Crippen molar-refractivity contribution in [2.45, 2.75) is 12.5 Å². The van der Waals surface area contributed by atoms with Crippen LogP contribution in [0.4, 0.5) is 0 Å². The van der Waals surface area contributed by atoms with Crippen molar-refractivity contribution >= 4 is 23.6 Å². The average molecular weight is 273 g/mol. The third-order valence-corrected chi connectivity index (χ3v) is 4.29. The number of hydrogen-bond acceptors (Lipinski definition) is 5. The molecule has 2 aliphatic heterocycles. The Morgan fingerprint density at radius 2 is 2.17 bits per heavy atom. The molecule has 0 saturated carbocycles. The number of amides is 1. The van der Waals surface area contributed by atoms with Crippen molar-refractivity contribution in [2.75, 3.05) is 44.4 Å². The van der Waals surface area contributed by atoms with E-state index in [1.807, 2.05) is 0 Å². The van der Waals surface area contributed by atoms with E-state index in [0.29, 0.717) is 18.2 Å². The van der Waals surface area contributed by atoms with Gasteiger partial charge in [-0.25, -0.2) is 4.79 Å². The lowest BCUT2D eigenvalue weighted by atomic mass is 10.3. The first-order valence-corrected chi connectivity index (χ1v) is 7.37. The molecule has 0 aromatic carbocycles. The van der Waals surface area contributed by atoms with Crippen LogP contribution in [0.25, 0.3) is 0 Å². The first-order valence-electron chi connectivity index (χ1n) is 6.21. The number of carboxylic acid groups (broad SMARTS) is 1. The van der Waals surface area contributed by atoms with Gasteiger partial charge in [-0.3, -0.25) is 9.69 Å². The van der Waals surface area contributed by atoms with E-state index in [2.05, 4.69) is 10.2 Å². The van der Waals surface area contributed by atoms with Crippen LogP contribution in [0.15, 0.2) is 0 Å². The maximum atomic E-state index is 12.1. The molecule has 0 aromatic rings. The first-order chi connectivity index (χ1) is 8.68. The Bertz CT molecular complexity index is 319. The second-order valence-electron chi connectivity index (χ2n) is 4.60. The number of carbonyl (C=O) groups is 2. The Morgan fingerprint density at radius 1 is 1.33 bits per heavy atom. The Labute approximate surface area is 111 Å². The summed E-state index contributed by atoms with van der Waals surface area (Å²) >= 11 is 1.51. The molecule has 2 rings (SSSR count). The highest BCUT2D eigenvalue weighted by Crippen LogP contribution is 2.21. The summed E-state index contributed by atoms with van der Waals surface area (Å²) in [7, 11) is 0. The number of hydrogen-bond donors (Lipinski definition) is 2. The number of nitrogens with one attached hydrogen (secondary N) is 1. The van der Waals surface area contributed by atoms with Crippen molar-refractivity contribution in [1.29, 1.82) is 0 Å². The molecular formula is C11H19N3O3S. The minimum Gasteiger partial charge on any atom is -0.480 e. The second kappa shape index (κ2) is 6.40. The van der Waals surface area contributed by atoms with Crippen LogP contribution in [-0.2, 0) is 9.59 Å². The van der Waals surface area contributed by atoms with Crippen molar-refractivity contribution in [3.05, 3.63) is 0 Å². The Morgan fingerprint density at radius 3 is 2.94 bits per heavy atom. The monoisotopic (exact) mass is 273 g/mol. The molecule has 0 bridgehead atoms. The van der Waals surface area contributed by atoms with Crippen LogP contribution < -0.4 is 5.32 Å². The summed E-state index contributed by atoms with van der Waals surface area (Å²) in [6.07, 6.45) is 1.03. The lowest BCUT2D eigenvalue weighted by Gasteiger charge is -2.25. The molecule has 2 N–H and O–H groups in total. The van der Waals surface area contributed by atoms with E-state index in [0.717, 1.165) is 32.6 Å². The molecule has 18 heavy (non-hydrogen) atoms. The predicted octanol–water partition coefficient (Wildman–Crippen LogP) is -0.732. The summed E-state index contributed by atoms with van der Waals surface area (Å²) in [4.78, 5) is 26.8. The van der Waals surface area contributed by atoms with Gasteiger partial charge in [-0.05, 0) is 19.5 Å². The molecule has 2 heterocycles. The number of aliphatic carboxylic acids is 1. The van der Waals surface area contributed by atoms with Crippen LogP contribution in [0.3, 0.4) is 0 Å². The smallest absolute Gasteiger partial charge is 0.327 e. The lowest BCUT2D eigenvalue weighted by molar-refractivity contribution is -0.148. The van der Waals surface area contributed by atoms with E-state index in [9.17, 15) is 9.59 Å². The maximum absolute atomic E-state index is 12.1. The average Bonchev–Trinajstić information content (AvgIpc) is 2.70. The fraction of sp³-hybridized carbons (Fsp3) is 0.818. The van der Waals surface area contributed by atoms with Crippen molar-refractivity contribution < 1.29 is 14.7 Å². The molecule has 0 aliphatic carbocycles. The molecule has 2 saturated heterocycles. The molecule has 1 unspecified atom stereocenters. The van der Waals surface area contributed by atoms with E-state index in [-0.39, 0.29) is 5.91 Å². The molecule has 6 nitrogen and oxygen atoms in total. The Balaban J connectivity index is 1.88. The summed E-state index contributed by atoms with van der Waals surface area (Å²) in [6.45, 7) is 3.97. The zero-order valence-corrected chi connectivity index (χ0v) is 11.1. The normalized spacial score (nSPS) is 26.0. The number of carbonyl (C=O) groups excluding carboxylic acids is 1. The number of thioether (sulfide) groups is 1. The third-order valence-electron chi connectivity index (χ3n) is 3.28. The molecule has 2 fully saturated rings. The molecule has 0 spiro atoms. The van der Waals surface area contributed by atoms with Gasteiger partial charge in [0.25, 0.3) is 0 Å². The van der Waals surface area contributed by atoms with Gasteiger partial charge in [0, 0.05) is 18.8 Å². The fourth-order valence-corrected chi connectivity index (χ4v) is 3.41. The Hall–Kier alpha value is -0.790. The number of rotatable bonds is 3. The van der Waals surface area contributed by atoms with E-state index < -0.39 is 12.0 Å². The summed E-state index contributed by atoms with van der Waals surface area (Å²) in [5.74, 6) is 0.0463. The highest BCUT2D eigenvalue weighted by molar-refractivity contribution is 7.99. The molecule has 1 atom stereocenters. The lowest BCUT2D eigenvalue weighted by Crippen LogP contribution is -2.46. The topological polar surface area (TPSA) is 72.9 Å². The van der Waals surface area contributed by atoms with Gasteiger partial charge in [-0.1, -0.05) is 0 Å². The molecule has 102 valence electrons. The van der Waals surface area contributed by atoms with E-state index in [4.69, 9.17) is 5.11 Å². The molecule has 1 amide bonds. The van der Waals surface area contributed by atoms with E-state index in [1.165, 1.54) is 16.7 Å². The van der Waals surface area contributed by atoms with Gasteiger partial charge in [0.1, 0.15) is 6.04 Å². The van der Waals surface area contributed by atoms with Crippen molar-refractivity contribution in [2.24, 2.45) is 0 Å². The maximum Gasteiger partial charge on any atom is 0.327 e. The van der Waals surface area contributed by atoms with Crippen LogP contribution in [0, 0.1) is 0 Å². The van der Waals surface area contributed by atoms with Gasteiger partial charge in [-0.15, -0.1) is 11.8 Å². The van der Waals surface area contributed by atoms with Gasteiger partial charge in [0.15, 0.2) is 0 Å². The molecule has 2 aliphatic rings. The van der Waals surface area contributed by atoms with Crippen LogP contribution in [-0.4, -0.2) is 77.2 Å². The summed E-state index contributed by atoms with van der Waals surface area (Å²) in [6, 6.07) is -0.646. The summed E-state index contributed by atoms with van der Waals surface area (Å²) in [5.41, 5.74) is 0. The van der Waals surface area contributed by atoms with Crippen LogP contribution in [0.5, 0.6) is 0 Å². The standard InChI is InChI=1S/C11H19N3O3S/c15-10(6-13-4-1-2-12-3-5-13)14-8-18-7-9(14)11(16)17/h9,12H,1-8H2,(H,16,17). The van der Waals surface area contributed by atoms with Gasteiger partial charge in [-0.2, -0.15) is 0 Å². The molecule has 0 aromatic heterocycles. The number of nitrogens with zero attached hydrogens (tertiary/aromatic N) is 2. The third kappa shape index (κ3) is 3.37. The van der Waals surface area contributed by atoms with Crippen LogP contribution >= 0.6 is 11.8 Å². The van der Waals surface area contributed by atoms with Crippen molar-refractivity contribution in [3.63, 3.8) is 0 Å². The van der Waals surface area contributed by atoms with Crippen molar-refractivity contribution in [1.82, 2.24) is 15.1 Å². The minimum absolute atomic E-state index is 0.0608. The highest BCUT2D eigenvalue weighted by Gasteiger charge is 2.34. The fourth-order valence-electron chi connectivity index (χ4n) is 2.23. The predicted molar refractivity (Wildman–Crippen MR) is 69.5 cm³/mol. The van der Waals surface area contributed by atoms with E-state index in [1.54, 1.807) is 0 Å². The highest BCUT2D eigenvalue weighted by atomic mass is 32.2. The molecular weight excluding hydrogens is 254 g/mol. The molecule has 7 heteroatoms. The Kier molecular flexibility index (Phi) is 4.85. The summed E-state index contributed by atoms with van der Waals surface area (Å²) < 4.78 is 0. The number of carboxylic acids is 1. The molecule has 0 radical (unpaired) electrons. The quantitative estimate of drug-likeness (QED) is 0.706. The first kappa shape index (κ1) is 13.6. The van der Waals surface area contributed by atoms with Crippen molar-refractivity contribution in [3.8, 4) is 0 Å². The second-order valence-corrected chi connectivity index (χ2v) is 5.60. The van der Waals surface area contributed by atoms with Crippen LogP contribution in [0.2, 0.25) is 0 Å². The summed E-state index contributed by atoms with van der Waals surface area (Å²) in [5, 5.41) is 12.3. The van der Waals surface area contributed by atoms with E-state index >= 15 is 0 Å². The zero-order valence-electron chi connectivity index (χ0n) is 10.3. The van der Waals surface area contributed by atoms with Gasteiger partial charge in [0.2, 0.25) is 5.91 Å². The zero-order chi connectivity index (χ0) is 13.0. The van der Waals surface area contributed by atoms with Gasteiger partial charge < -0.3 is 15.3 Å². The largest absolute Gasteiger partial charge is 0.480 e. The van der Waals surface area contributed by atoms with Gasteiger partial charge in [0.05, 0.1) is 12.4 Å². The SMILES string of the molecule is O=C(O)C1CSCN1C(=O)CN1CCCNCC1. The van der Waals surface area contributed by atoms with Gasteiger partial charge >= 0.3 is 5.97 Å². The van der Waals surface area contributed by atoms with Crippen LogP contribution in [0.1, 0.15) is 6.42 Å². The minimum atomic E-state index is -0.897.